The largest absolute Gasteiger partial charge is 0.348 e. The maximum Gasteiger partial charge on any atom is 0.269 e. The summed E-state index contributed by atoms with van der Waals surface area (Å²) in [5, 5.41) is 22.0. The van der Waals surface area contributed by atoms with Gasteiger partial charge < -0.3 is 5.32 Å². The maximum atomic E-state index is 12.8. The van der Waals surface area contributed by atoms with Crippen LogP contribution in [0.25, 0.3) is 16.9 Å². The summed E-state index contributed by atoms with van der Waals surface area (Å²) in [6.07, 6.45) is 1.68. The van der Waals surface area contributed by atoms with Crippen LogP contribution in [0.3, 0.4) is 0 Å². The number of nitrogens with one attached hydrogen (secondary N) is 1. The van der Waals surface area contributed by atoms with E-state index in [2.05, 4.69) is 15.6 Å². The van der Waals surface area contributed by atoms with Gasteiger partial charge in [-0.25, -0.2) is 4.68 Å². The minimum atomic E-state index is -0.453. The number of amides is 1. The third kappa shape index (κ3) is 4.07. The molecule has 1 heterocycles. The van der Waals surface area contributed by atoms with Crippen molar-refractivity contribution < 1.29 is 9.72 Å². The molecule has 0 aliphatic heterocycles. The highest BCUT2D eigenvalue weighted by atomic mass is 16.6. The quantitative estimate of drug-likeness (QED) is 0.393. The second-order valence-electron chi connectivity index (χ2n) is 6.54. The number of carbonyl (C=O) groups excluding carboxylic acids is 1. The summed E-state index contributed by atoms with van der Waals surface area (Å²) in [6.45, 7) is 0.416. The first-order chi connectivity index (χ1) is 14.6. The molecule has 0 bridgehead atoms. The van der Waals surface area contributed by atoms with Crippen LogP contribution in [-0.2, 0) is 6.54 Å². The summed E-state index contributed by atoms with van der Waals surface area (Å²) in [4.78, 5) is 23.1. The zero-order chi connectivity index (χ0) is 20.9. The standard InChI is InChI=1S/C22H17N5O3/c28-22(23-14-16-6-2-1-3-7-16)19-8-4-5-9-21(19)26-15-20(24-25-26)17-10-12-18(13-11-17)27(29)30/h1-13,15H,14H2,(H,23,28). The Bertz CT molecular complexity index is 1190. The van der Waals surface area contributed by atoms with E-state index in [9.17, 15) is 14.9 Å². The van der Waals surface area contributed by atoms with Crippen LogP contribution in [0.4, 0.5) is 5.69 Å². The van der Waals surface area contributed by atoms with Crippen molar-refractivity contribution in [3.05, 3.63) is 106 Å². The molecule has 0 saturated carbocycles. The summed E-state index contributed by atoms with van der Waals surface area (Å²) in [7, 11) is 0. The fourth-order valence-corrected chi connectivity index (χ4v) is 3.01. The minimum absolute atomic E-state index is 0.00609. The average Bonchev–Trinajstić information content (AvgIpc) is 3.28. The number of rotatable bonds is 6. The van der Waals surface area contributed by atoms with Gasteiger partial charge in [-0.2, -0.15) is 0 Å². The van der Waals surface area contributed by atoms with Crippen molar-refractivity contribution in [1.29, 1.82) is 0 Å². The molecule has 0 spiro atoms. The molecule has 8 nitrogen and oxygen atoms in total. The number of para-hydroxylation sites is 1. The van der Waals surface area contributed by atoms with E-state index >= 15 is 0 Å². The van der Waals surface area contributed by atoms with Crippen LogP contribution in [0.2, 0.25) is 0 Å². The average molecular weight is 399 g/mol. The Morgan fingerprint density at radius 1 is 0.967 bits per heavy atom. The summed E-state index contributed by atoms with van der Waals surface area (Å²) in [6, 6.07) is 22.8. The van der Waals surface area contributed by atoms with Gasteiger partial charge in [-0.3, -0.25) is 14.9 Å². The third-order valence-corrected chi connectivity index (χ3v) is 4.56. The second kappa shape index (κ2) is 8.36. The summed E-state index contributed by atoms with van der Waals surface area (Å²) in [5.74, 6) is -0.221. The molecule has 3 aromatic carbocycles. The Labute approximate surface area is 171 Å². The van der Waals surface area contributed by atoms with E-state index in [1.54, 1.807) is 36.5 Å². The van der Waals surface area contributed by atoms with Gasteiger partial charge in [0.2, 0.25) is 0 Å². The van der Waals surface area contributed by atoms with Crippen molar-refractivity contribution in [3.8, 4) is 16.9 Å². The molecule has 0 aliphatic rings. The molecule has 0 saturated heterocycles. The number of benzene rings is 3. The van der Waals surface area contributed by atoms with Crippen molar-refractivity contribution in [2.75, 3.05) is 0 Å². The van der Waals surface area contributed by atoms with Gasteiger partial charge in [0.25, 0.3) is 11.6 Å². The molecule has 0 fully saturated rings. The monoisotopic (exact) mass is 399 g/mol. The molecule has 0 radical (unpaired) electrons. The molecule has 1 amide bonds. The van der Waals surface area contributed by atoms with Crippen molar-refractivity contribution in [2.45, 2.75) is 6.54 Å². The number of carbonyl (C=O) groups is 1. The first-order valence-electron chi connectivity index (χ1n) is 9.20. The fourth-order valence-electron chi connectivity index (χ4n) is 3.01. The van der Waals surface area contributed by atoms with E-state index in [0.29, 0.717) is 29.1 Å². The van der Waals surface area contributed by atoms with Crippen molar-refractivity contribution >= 4 is 11.6 Å². The highest BCUT2D eigenvalue weighted by molar-refractivity contribution is 5.97. The molecule has 4 aromatic rings. The second-order valence-corrected chi connectivity index (χ2v) is 6.54. The molecule has 0 atom stereocenters. The molecule has 8 heteroatoms. The number of hydrogen-bond donors (Lipinski definition) is 1. The van der Waals surface area contributed by atoms with Gasteiger partial charge in [-0.05, 0) is 29.8 Å². The number of nitro groups is 1. The van der Waals surface area contributed by atoms with E-state index in [1.165, 1.54) is 16.8 Å². The van der Waals surface area contributed by atoms with Gasteiger partial charge >= 0.3 is 0 Å². The lowest BCUT2D eigenvalue weighted by molar-refractivity contribution is -0.384. The molecule has 0 aliphatic carbocycles. The molecular formula is C22H17N5O3. The summed E-state index contributed by atoms with van der Waals surface area (Å²) >= 11 is 0. The van der Waals surface area contributed by atoms with Gasteiger partial charge in [0.05, 0.1) is 22.4 Å². The highest BCUT2D eigenvalue weighted by Crippen LogP contribution is 2.22. The Kier molecular flexibility index (Phi) is 5.29. The smallest absolute Gasteiger partial charge is 0.269 e. The Morgan fingerprint density at radius 2 is 1.67 bits per heavy atom. The maximum absolute atomic E-state index is 12.8. The van der Waals surface area contributed by atoms with Crippen LogP contribution in [0.15, 0.2) is 85.1 Å². The molecule has 1 aromatic heterocycles. The van der Waals surface area contributed by atoms with Crippen LogP contribution in [0.1, 0.15) is 15.9 Å². The number of aromatic nitrogens is 3. The summed E-state index contributed by atoms with van der Waals surface area (Å²) in [5.41, 5.74) is 3.30. The number of non-ortho nitro benzene ring substituents is 1. The third-order valence-electron chi connectivity index (χ3n) is 4.56. The predicted octanol–water partition coefficient (Wildman–Crippen LogP) is 3.77. The zero-order valence-electron chi connectivity index (χ0n) is 15.8. The lowest BCUT2D eigenvalue weighted by Crippen LogP contribution is -2.24. The van der Waals surface area contributed by atoms with E-state index in [1.807, 2.05) is 36.4 Å². The van der Waals surface area contributed by atoms with Gasteiger partial charge in [0.15, 0.2) is 0 Å². The van der Waals surface area contributed by atoms with Crippen molar-refractivity contribution in [2.24, 2.45) is 0 Å². The number of nitrogens with zero attached hydrogens (tertiary/aromatic N) is 4. The Hall–Kier alpha value is -4.33. The predicted molar refractivity (Wildman–Crippen MR) is 111 cm³/mol. The van der Waals surface area contributed by atoms with Crippen molar-refractivity contribution in [1.82, 2.24) is 20.3 Å². The normalized spacial score (nSPS) is 10.5. The number of nitro benzene ring substituents is 1. The van der Waals surface area contributed by atoms with Crippen LogP contribution in [0, 0.1) is 10.1 Å². The van der Waals surface area contributed by atoms with E-state index < -0.39 is 4.92 Å². The SMILES string of the molecule is O=C(NCc1ccccc1)c1ccccc1-n1cc(-c2ccc([N+](=O)[O-])cc2)nn1. The van der Waals surface area contributed by atoms with Crippen LogP contribution in [-0.4, -0.2) is 25.8 Å². The summed E-state index contributed by atoms with van der Waals surface area (Å²) < 4.78 is 1.52. The number of hydrogen-bond acceptors (Lipinski definition) is 5. The highest BCUT2D eigenvalue weighted by Gasteiger charge is 2.15. The van der Waals surface area contributed by atoms with E-state index in [-0.39, 0.29) is 11.6 Å². The van der Waals surface area contributed by atoms with Gasteiger partial charge in [0, 0.05) is 24.2 Å². The topological polar surface area (TPSA) is 103 Å². The van der Waals surface area contributed by atoms with Crippen LogP contribution < -0.4 is 5.32 Å². The first kappa shape index (κ1) is 19.0. The fraction of sp³-hybridized carbons (Fsp3) is 0.0455. The van der Waals surface area contributed by atoms with Crippen LogP contribution >= 0.6 is 0 Å². The van der Waals surface area contributed by atoms with Gasteiger partial charge in [-0.15, -0.1) is 5.10 Å². The van der Waals surface area contributed by atoms with E-state index in [4.69, 9.17) is 0 Å². The zero-order valence-corrected chi connectivity index (χ0v) is 15.8. The molecule has 4 rings (SSSR count). The lowest BCUT2D eigenvalue weighted by atomic mass is 10.1. The van der Waals surface area contributed by atoms with Crippen molar-refractivity contribution in [3.63, 3.8) is 0 Å². The van der Waals surface area contributed by atoms with Gasteiger partial charge in [-0.1, -0.05) is 47.7 Å². The molecule has 1 N–H and O–H groups in total. The van der Waals surface area contributed by atoms with Gasteiger partial charge in [0.1, 0.15) is 5.69 Å². The Balaban J connectivity index is 1.56. The first-order valence-corrected chi connectivity index (χ1v) is 9.20. The Morgan fingerprint density at radius 3 is 2.40 bits per heavy atom. The van der Waals surface area contributed by atoms with E-state index in [0.717, 1.165) is 5.56 Å². The molecule has 30 heavy (non-hydrogen) atoms. The van der Waals surface area contributed by atoms with Crippen LogP contribution in [0.5, 0.6) is 0 Å². The molecule has 0 unspecified atom stereocenters. The lowest BCUT2D eigenvalue weighted by Gasteiger charge is -2.09. The molecule has 148 valence electrons. The molecular weight excluding hydrogens is 382 g/mol. The minimum Gasteiger partial charge on any atom is -0.348 e.